The van der Waals surface area contributed by atoms with E-state index in [0.717, 1.165) is 12.8 Å². The molecule has 1 aliphatic heterocycles. The van der Waals surface area contributed by atoms with E-state index in [0.29, 0.717) is 18.7 Å². The molecule has 8 heteroatoms. The first kappa shape index (κ1) is 15.6. The standard InChI is InChI=1S/C14H13FN4O3/c15-12-5-3-4-11(10-12)6-7-13(17-18-16)21-22-14(20)19-8-1-2-9-19/h3-5,10,13H,1-2,8-9H2. The minimum Gasteiger partial charge on any atom is -0.306 e. The molecule has 0 aromatic heterocycles. The van der Waals surface area contributed by atoms with Crippen molar-refractivity contribution in [2.24, 2.45) is 5.11 Å². The highest BCUT2D eigenvalue weighted by atomic mass is 19.1. The van der Waals surface area contributed by atoms with Gasteiger partial charge in [0.05, 0.1) is 0 Å². The molecule has 0 saturated carbocycles. The normalized spacial score (nSPS) is 14.5. The van der Waals surface area contributed by atoms with Crippen molar-refractivity contribution in [1.82, 2.24) is 4.90 Å². The van der Waals surface area contributed by atoms with E-state index in [4.69, 9.17) is 10.4 Å². The summed E-state index contributed by atoms with van der Waals surface area (Å²) in [5.74, 6) is 4.60. The molecule has 0 aliphatic carbocycles. The van der Waals surface area contributed by atoms with E-state index >= 15 is 0 Å². The molecule has 114 valence electrons. The van der Waals surface area contributed by atoms with Gasteiger partial charge in [0.1, 0.15) is 5.82 Å². The molecular weight excluding hydrogens is 291 g/mol. The minimum absolute atomic E-state index is 0.382. The molecule has 1 fully saturated rings. The van der Waals surface area contributed by atoms with Gasteiger partial charge < -0.3 is 4.90 Å². The van der Waals surface area contributed by atoms with Crippen molar-refractivity contribution in [3.8, 4) is 11.8 Å². The van der Waals surface area contributed by atoms with Gasteiger partial charge in [-0.1, -0.05) is 17.9 Å². The van der Waals surface area contributed by atoms with Gasteiger partial charge in [-0.15, -0.1) is 0 Å². The summed E-state index contributed by atoms with van der Waals surface area (Å²) in [6.07, 6.45) is -0.134. The Balaban J connectivity index is 1.95. The monoisotopic (exact) mass is 304 g/mol. The molecule has 0 N–H and O–H groups in total. The highest BCUT2D eigenvalue weighted by Gasteiger charge is 2.21. The first-order valence-corrected chi connectivity index (χ1v) is 6.62. The molecule has 1 aliphatic rings. The lowest BCUT2D eigenvalue weighted by Gasteiger charge is -2.14. The van der Waals surface area contributed by atoms with Crippen LogP contribution in [-0.4, -0.2) is 30.3 Å². The van der Waals surface area contributed by atoms with Gasteiger partial charge in [-0.2, -0.15) is 4.89 Å². The molecule has 1 unspecified atom stereocenters. The second-order valence-corrected chi connectivity index (χ2v) is 4.48. The van der Waals surface area contributed by atoms with Gasteiger partial charge in [0.15, 0.2) is 0 Å². The quantitative estimate of drug-likeness (QED) is 0.215. The average molecular weight is 304 g/mol. The van der Waals surface area contributed by atoms with Crippen LogP contribution in [0.4, 0.5) is 9.18 Å². The van der Waals surface area contributed by atoms with Crippen LogP contribution in [0.15, 0.2) is 29.4 Å². The second kappa shape index (κ2) is 7.88. The number of likely N-dealkylation sites (tertiary alicyclic amines) is 1. The van der Waals surface area contributed by atoms with Gasteiger partial charge in [0, 0.05) is 23.6 Å². The zero-order valence-corrected chi connectivity index (χ0v) is 11.6. The Labute approximate surface area is 126 Å². The predicted molar refractivity (Wildman–Crippen MR) is 74.6 cm³/mol. The molecule has 0 bridgehead atoms. The fourth-order valence-corrected chi connectivity index (χ4v) is 1.87. The number of carbonyl (C=O) groups excluding carboxylic acids is 1. The molecule has 2 rings (SSSR count). The van der Waals surface area contributed by atoms with E-state index in [9.17, 15) is 9.18 Å². The number of halogens is 1. The number of carbonyl (C=O) groups is 1. The summed E-state index contributed by atoms with van der Waals surface area (Å²) in [6.45, 7) is 1.20. The molecule has 1 heterocycles. The largest absolute Gasteiger partial charge is 0.441 e. The summed E-state index contributed by atoms with van der Waals surface area (Å²) in [5.41, 5.74) is 8.84. The number of rotatable bonds is 3. The lowest BCUT2D eigenvalue weighted by molar-refractivity contribution is -0.262. The second-order valence-electron chi connectivity index (χ2n) is 4.48. The summed E-state index contributed by atoms with van der Waals surface area (Å²) in [7, 11) is 0. The molecule has 0 spiro atoms. The van der Waals surface area contributed by atoms with Crippen LogP contribution >= 0.6 is 0 Å². The van der Waals surface area contributed by atoms with Crippen LogP contribution in [0.25, 0.3) is 10.4 Å². The van der Waals surface area contributed by atoms with Crippen molar-refractivity contribution in [1.29, 1.82) is 0 Å². The fraction of sp³-hybridized carbons (Fsp3) is 0.357. The van der Waals surface area contributed by atoms with Crippen molar-refractivity contribution in [3.05, 3.63) is 46.1 Å². The maximum atomic E-state index is 13.0. The van der Waals surface area contributed by atoms with E-state index in [1.54, 1.807) is 6.07 Å². The molecule has 0 radical (unpaired) electrons. The molecule has 1 aromatic rings. The topological polar surface area (TPSA) is 87.5 Å². The zero-order chi connectivity index (χ0) is 15.8. The van der Waals surface area contributed by atoms with Crippen molar-refractivity contribution >= 4 is 6.09 Å². The summed E-state index contributed by atoms with van der Waals surface area (Å²) < 4.78 is 13.0. The van der Waals surface area contributed by atoms with Gasteiger partial charge >= 0.3 is 6.09 Å². The van der Waals surface area contributed by atoms with Crippen molar-refractivity contribution in [2.75, 3.05) is 13.1 Å². The number of hydrogen-bond donors (Lipinski definition) is 0. The van der Waals surface area contributed by atoms with E-state index < -0.39 is 18.1 Å². The SMILES string of the molecule is [N-]=[N+]=NC(C#Cc1cccc(F)c1)OOC(=O)N1CCCC1. The van der Waals surface area contributed by atoms with E-state index in [1.807, 2.05) is 0 Å². The predicted octanol–water partition coefficient (Wildman–Crippen LogP) is 2.98. The van der Waals surface area contributed by atoms with Crippen molar-refractivity contribution in [3.63, 3.8) is 0 Å². The Morgan fingerprint density at radius 3 is 2.91 bits per heavy atom. The molecular formula is C14H13FN4O3. The molecule has 1 saturated heterocycles. The Morgan fingerprint density at radius 2 is 2.23 bits per heavy atom. The van der Waals surface area contributed by atoms with Crippen LogP contribution in [-0.2, 0) is 9.78 Å². The summed E-state index contributed by atoms with van der Waals surface area (Å²) in [5, 5.41) is 3.26. The van der Waals surface area contributed by atoms with Crippen LogP contribution in [0.2, 0.25) is 0 Å². The minimum atomic E-state index is -1.31. The van der Waals surface area contributed by atoms with E-state index in [-0.39, 0.29) is 0 Å². The summed E-state index contributed by atoms with van der Waals surface area (Å²) in [4.78, 5) is 25.0. The van der Waals surface area contributed by atoms with Gasteiger partial charge in [0.25, 0.3) is 0 Å². The first-order chi connectivity index (χ1) is 10.7. The van der Waals surface area contributed by atoms with E-state index in [1.165, 1.54) is 23.1 Å². The lowest BCUT2D eigenvalue weighted by Crippen LogP contribution is -2.29. The maximum absolute atomic E-state index is 13.0. The Morgan fingerprint density at radius 1 is 1.45 bits per heavy atom. The number of benzene rings is 1. The molecule has 22 heavy (non-hydrogen) atoms. The van der Waals surface area contributed by atoms with Gasteiger partial charge in [-0.3, -0.25) is 4.89 Å². The number of nitrogens with zero attached hydrogens (tertiary/aromatic N) is 4. The third-order valence-corrected chi connectivity index (χ3v) is 2.90. The van der Waals surface area contributed by atoms with E-state index in [2.05, 4.69) is 26.8 Å². The highest BCUT2D eigenvalue weighted by molar-refractivity contribution is 5.67. The number of azide groups is 1. The third kappa shape index (κ3) is 4.66. The first-order valence-electron chi connectivity index (χ1n) is 6.62. The maximum Gasteiger partial charge on any atom is 0.441 e. The average Bonchev–Trinajstić information content (AvgIpc) is 3.04. The Hall–Kier alpha value is -2.75. The van der Waals surface area contributed by atoms with Gasteiger partial charge in [-0.25, -0.2) is 9.18 Å². The summed E-state index contributed by atoms with van der Waals surface area (Å²) >= 11 is 0. The van der Waals surface area contributed by atoms with Gasteiger partial charge in [0.2, 0.25) is 6.23 Å². The number of amides is 1. The Kier molecular flexibility index (Phi) is 5.60. The van der Waals surface area contributed by atoms with Crippen LogP contribution in [0, 0.1) is 17.7 Å². The summed E-state index contributed by atoms with van der Waals surface area (Å²) in [6, 6.07) is 5.58. The molecule has 1 aromatic carbocycles. The van der Waals surface area contributed by atoms with Crippen LogP contribution in [0.5, 0.6) is 0 Å². The third-order valence-electron chi connectivity index (χ3n) is 2.90. The van der Waals surface area contributed by atoms with Crippen molar-refractivity contribution < 1.29 is 19.0 Å². The molecule has 1 amide bonds. The lowest BCUT2D eigenvalue weighted by atomic mass is 10.2. The molecule has 7 nitrogen and oxygen atoms in total. The fourth-order valence-electron chi connectivity index (χ4n) is 1.87. The van der Waals surface area contributed by atoms with Crippen molar-refractivity contribution in [2.45, 2.75) is 19.1 Å². The Bertz CT molecular complexity index is 643. The smallest absolute Gasteiger partial charge is 0.306 e. The highest BCUT2D eigenvalue weighted by Crippen LogP contribution is 2.10. The van der Waals surface area contributed by atoms with Crippen LogP contribution < -0.4 is 0 Å². The number of hydrogen-bond acceptors (Lipinski definition) is 4. The zero-order valence-electron chi connectivity index (χ0n) is 11.6. The van der Waals surface area contributed by atoms with Gasteiger partial charge in [-0.05, 0) is 41.7 Å². The van der Waals surface area contributed by atoms with Crippen LogP contribution in [0.3, 0.4) is 0 Å². The van der Waals surface area contributed by atoms with Crippen LogP contribution in [0.1, 0.15) is 18.4 Å². The molecule has 1 atom stereocenters.